The van der Waals surface area contributed by atoms with Gasteiger partial charge in [0.05, 0.1) is 13.1 Å². The lowest BCUT2D eigenvalue weighted by atomic mass is 10.1. The van der Waals surface area contributed by atoms with Gasteiger partial charge in [0.2, 0.25) is 11.8 Å². The zero-order chi connectivity index (χ0) is 22.0. The minimum atomic E-state index is -0.237. The number of hydrogen-bond donors (Lipinski definition) is 3. The molecule has 2 amide bonds. The van der Waals surface area contributed by atoms with E-state index in [2.05, 4.69) is 52.3 Å². The Morgan fingerprint density at radius 1 is 0.806 bits per heavy atom. The second-order valence-electron chi connectivity index (χ2n) is 8.16. The average molecular weight is 414 g/mol. The van der Waals surface area contributed by atoms with E-state index in [9.17, 15) is 9.59 Å². The topological polar surface area (TPSA) is 70.2 Å². The monoisotopic (exact) mass is 413 g/mol. The van der Waals surface area contributed by atoms with Crippen LogP contribution < -0.4 is 16.0 Å². The number of carbonyl (C=O) groups is 2. The molecule has 0 saturated carbocycles. The smallest absolute Gasteiger partial charge is 0.243 e. The van der Waals surface area contributed by atoms with Gasteiger partial charge < -0.3 is 16.0 Å². The summed E-state index contributed by atoms with van der Waals surface area (Å²) < 4.78 is 0. The summed E-state index contributed by atoms with van der Waals surface area (Å²) in [7, 11) is 0. The number of amides is 2. The van der Waals surface area contributed by atoms with Gasteiger partial charge in [0.15, 0.2) is 0 Å². The van der Waals surface area contributed by atoms with E-state index in [1.807, 2.05) is 39.0 Å². The zero-order valence-corrected chi connectivity index (χ0v) is 18.1. The fourth-order valence-electron chi connectivity index (χ4n) is 4.24. The lowest BCUT2D eigenvalue weighted by molar-refractivity contribution is -0.122. The quantitative estimate of drug-likeness (QED) is 0.440. The molecule has 1 aliphatic carbocycles. The Bertz CT molecular complexity index is 1140. The fraction of sp³-hybridized carbons (Fsp3) is 0.231. The molecule has 0 spiro atoms. The summed E-state index contributed by atoms with van der Waals surface area (Å²) in [6.07, 6.45) is 0.908. The molecule has 4 rings (SSSR count). The van der Waals surface area contributed by atoms with Crippen LogP contribution in [0.2, 0.25) is 0 Å². The Balaban J connectivity index is 1.28. The third-order valence-electron chi connectivity index (χ3n) is 5.63. The molecular formula is C26H27N3O2. The molecule has 1 aliphatic rings. The van der Waals surface area contributed by atoms with Crippen molar-refractivity contribution >= 4 is 23.2 Å². The SMILES string of the molecule is Cc1cc(C)c(NC(=O)CNC(=O)CNc2ccc3c(c2)Cc2ccccc2-3)c(C)c1. The van der Waals surface area contributed by atoms with E-state index in [0.29, 0.717) is 0 Å². The van der Waals surface area contributed by atoms with Gasteiger partial charge in [-0.05, 0) is 72.7 Å². The van der Waals surface area contributed by atoms with Crippen LogP contribution in [0, 0.1) is 20.8 Å². The van der Waals surface area contributed by atoms with E-state index >= 15 is 0 Å². The summed E-state index contributed by atoms with van der Waals surface area (Å²) in [4.78, 5) is 24.5. The lowest BCUT2D eigenvalue weighted by Crippen LogP contribution is -2.36. The van der Waals surface area contributed by atoms with Gasteiger partial charge in [-0.1, -0.05) is 48.0 Å². The molecule has 158 valence electrons. The largest absolute Gasteiger partial charge is 0.376 e. The first-order valence-electron chi connectivity index (χ1n) is 10.5. The number of carbonyl (C=O) groups excluding carboxylic acids is 2. The van der Waals surface area contributed by atoms with Gasteiger partial charge in [-0.15, -0.1) is 0 Å². The third kappa shape index (κ3) is 4.61. The molecule has 0 radical (unpaired) electrons. The Morgan fingerprint density at radius 3 is 2.29 bits per heavy atom. The van der Waals surface area contributed by atoms with Gasteiger partial charge in [0, 0.05) is 11.4 Å². The highest BCUT2D eigenvalue weighted by Crippen LogP contribution is 2.37. The van der Waals surface area contributed by atoms with Crippen LogP contribution in [0.3, 0.4) is 0 Å². The van der Waals surface area contributed by atoms with Crippen LogP contribution in [0.1, 0.15) is 27.8 Å². The minimum absolute atomic E-state index is 0.0627. The number of rotatable bonds is 6. The summed E-state index contributed by atoms with van der Waals surface area (Å²) in [5.74, 6) is -0.463. The number of anilines is 2. The Labute approximate surface area is 182 Å². The summed E-state index contributed by atoms with van der Waals surface area (Å²) in [6.45, 7) is 6.01. The summed E-state index contributed by atoms with van der Waals surface area (Å²) in [5, 5.41) is 8.73. The number of benzene rings is 3. The average Bonchev–Trinajstić information content (AvgIpc) is 3.11. The maximum atomic E-state index is 12.3. The molecule has 0 aliphatic heterocycles. The van der Waals surface area contributed by atoms with Crippen molar-refractivity contribution in [3.05, 3.63) is 82.4 Å². The molecule has 0 saturated heterocycles. The van der Waals surface area contributed by atoms with Crippen molar-refractivity contribution in [2.45, 2.75) is 27.2 Å². The molecule has 31 heavy (non-hydrogen) atoms. The highest BCUT2D eigenvalue weighted by Gasteiger charge is 2.18. The Kier molecular flexibility index (Phi) is 5.76. The van der Waals surface area contributed by atoms with E-state index < -0.39 is 0 Å². The molecule has 3 aromatic carbocycles. The van der Waals surface area contributed by atoms with Gasteiger partial charge in [-0.25, -0.2) is 0 Å². The van der Waals surface area contributed by atoms with Gasteiger partial charge in [-0.2, -0.15) is 0 Å². The molecule has 0 heterocycles. The molecule has 5 nitrogen and oxygen atoms in total. The molecular weight excluding hydrogens is 386 g/mol. The number of aryl methyl sites for hydroxylation is 3. The standard InChI is InChI=1S/C26H27N3O2/c1-16-10-17(2)26(18(3)11-16)29-25(31)15-28-24(30)14-27-21-8-9-23-20(13-21)12-19-6-4-5-7-22(19)23/h4-11,13,27H,12,14-15H2,1-3H3,(H,28,30)(H,29,31). The van der Waals surface area contributed by atoms with Crippen molar-refractivity contribution in [1.29, 1.82) is 0 Å². The number of hydrogen-bond acceptors (Lipinski definition) is 3. The van der Waals surface area contributed by atoms with Crippen molar-refractivity contribution in [2.75, 3.05) is 23.7 Å². The number of nitrogens with one attached hydrogen (secondary N) is 3. The summed E-state index contributed by atoms with van der Waals surface area (Å²) in [6, 6.07) is 18.7. The molecule has 0 fully saturated rings. The Hall–Kier alpha value is -3.60. The van der Waals surface area contributed by atoms with Gasteiger partial charge in [-0.3, -0.25) is 9.59 Å². The summed E-state index contributed by atoms with van der Waals surface area (Å²) in [5.41, 5.74) is 10.0. The van der Waals surface area contributed by atoms with Crippen LogP contribution in [-0.4, -0.2) is 24.9 Å². The van der Waals surface area contributed by atoms with Crippen LogP contribution in [0.15, 0.2) is 54.6 Å². The first-order chi connectivity index (χ1) is 14.9. The van der Waals surface area contributed by atoms with Crippen molar-refractivity contribution in [3.8, 4) is 11.1 Å². The first-order valence-corrected chi connectivity index (χ1v) is 10.5. The van der Waals surface area contributed by atoms with Crippen LogP contribution in [0.4, 0.5) is 11.4 Å². The highest BCUT2D eigenvalue weighted by atomic mass is 16.2. The predicted octanol–water partition coefficient (Wildman–Crippen LogP) is 4.35. The highest BCUT2D eigenvalue weighted by molar-refractivity contribution is 5.96. The van der Waals surface area contributed by atoms with Crippen LogP contribution in [0.5, 0.6) is 0 Å². The normalized spacial score (nSPS) is 11.5. The molecule has 0 unspecified atom stereocenters. The lowest BCUT2D eigenvalue weighted by Gasteiger charge is -2.13. The molecule has 3 aromatic rings. The third-order valence-corrected chi connectivity index (χ3v) is 5.63. The first kappa shape index (κ1) is 20.7. The zero-order valence-electron chi connectivity index (χ0n) is 18.1. The second kappa shape index (κ2) is 8.64. The second-order valence-corrected chi connectivity index (χ2v) is 8.16. The van der Waals surface area contributed by atoms with Crippen molar-refractivity contribution in [3.63, 3.8) is 0 Å². The molecule has 0 aromatic heterocycles. The van der Waals surface area contributed by atoms with Crippen LogP contribution in [0.25, 0.3) is 11.1 Å². The predicted molar refractivity (Wildman–Crippen MR) is 125 cm³/mol. The Morgan fingerprint density at radius 2 is 1.52 bits per heavy atom. The number of fused-ring (bicyclic) bond motifs is 3. The molecule has 0 bridgehead atoms. The van der Waals surface area contributed by atoms with Crippen LogP contribution in [-0.2, 0) is 16.0 Å². The van der Waals surface area contributed by atoms with Crippen molar-refractivity contribution < 1.29 is 9.59 Å². The maximum Gasteiger partial charge on any atom is 0.243 e. The van der Waals surface area contributed by atoms with Gasteiger partial charge in [0.25, 0.3) is 0 Å². The van der Waals surface area contributed by atoms with E-state index in [0.717, 1.165) is 34.5 Å². The van der Waals surface area contributed by atoms with Crippen molar-refractivity contribution in [2.24, 2.45) is 0 Å². The minimum Gasteiger partial charge on any atom is -0.376 e. The van der Waals surface area contributed by atoms with Gasteiger partial charge >= 0.3 is 0 Å². The van der Waals surface area contributed by atoms with Crippen molar-refractivity contribution in [1.82, 2.24) is 5.32 Å². The summed E-state index contributed by atoms with van der Waals surface area (Å²) >= 11 is 0. The maximum absolute atomic E-state index is 12.3. The van der Waals surface area contributed by atoms with E-state index in [-0.39, 0.29) is 24.9 Å². The molecule has 3 N–H and O–H groups in total. The van der Waals surface area contributed by atoms with E-state index in [4.69, 9.17) is 0 Å². The fourth-order valence-corrected chi connectivity index (χ4v) is 4.24. The molecule has 0 atom stereocenters. The van der Waals surface area contributed by atoms with Crippen LogP contribution >= 0.6 is 0 Å². The molecule has 5 heteroatoms. The van der Waals surface area contributed by atoms with E-state index in [1.165, 1.54) is 22.3 Å². The van der Waals surface area contributed by atoms with E-state index in [1.54, 1.807) is 0 Å². The van der Waals surface area contributed by atoms with Gasteiger partial charge in [0.1, 0.15) is 0 Å².